The average molecular weight is 490 g/mol. The van der Waals surface area contributed by atoms with Crippen LogP contribution in [-0.4, -0.2) is 82.7 Å². The van der Waals surface area contributed by atoms with E-state index in [1.807, 2.05) is 0 Å². The van der Waals surface area contributed by atoms with Gasteiger partial charge < -0.3 is 34.2 Å². The molecule has 0 aromatic rings. The van der Waals surface area contributed by atoms with Crippen molar-refractivity contribution >= 4 is 18.2 Å². The van der Waals surface area contributed by atoms with E-state index in [-0.39, 0.29) is 12.3 Å². The SMILES string of the molecule is O=CCCOCCOCCOCCOCCNC(=O)CCCCCCCCCCCCC(=O)O. The van der Waals surface area contributed by atoms with Gasteiger partial charge in [-0.25, -0.2) is 0 Å². The highest BCUT2D eigenvalue weighted by Crippen LogP contribution is 2.12. The fraction of sp³-hybridized carbons (Fsp3) is 0.880. The van der Waals surface area contributed by atoms with Crippen LogP contribution in [0.25, 0.3) is 0 Å². The maximum absolute atomic E-state index is 11.8. The topological polar surface area (TPSA) is 120 Å². The Morgan fingerprint density at radius 3 is 1.47 bits per heavy atom. The van der Waals surface area contributed by atoms with E-state index in [0.717, 1.165) is 44.8 Å². The third-order valence-corrected chi connectivity index (χ3v) is 5.11. The zero-order valence-corrected chi connectivity index (χ0v) is 20.9. The summed E-state index contributed by atoms with van der Waals surface area (Å²) in [6, 6.07) is 0. The first-order valence-electron chi connectivity index (χ1n) is 12.9. The number of carboxylic acid groups (broad SMARTS) is 1. The van der Waals surface area contributed by atoms with Gasteiger partial charge in [-0.3, -0.25) is 9.59 Å². The number of carbonyl (C=O) groups excluding carboxylic acids is 2. The van der Waals surface area contributed by atoms with Gasteiger partial charge in [-0.1, -0.05) is 51.4 Å². The molecule has 9 heteroatoms. The van der Waals surface area contributed by atoms with Crippen LogP contribution in [0.4, 0.5) is 0 Å². The Morgan fingerprint density at radius 1 is 0.588 bits per heavy atom. The van der Waals surface area contributed by atoms with Gasteiger partial charge in [0.1, 0.15) is 6.29 Å². The number of aldehydes is 1. The first kappa shape index (κ1) is 32.5. The average Bonchev–Trinajstić information content (AvgIpc) is 2.82. The molecule has 0 saturated heterocycles. The van der Waals surface area contributed by atoms with Crippen LogP contribution >= 0.6 is 0 Å². The molecule has 0 rings (SSSR count). The van der Waals surface area contributed by atoms with E-state index >= 15 is 0 Å². The monoisotopic (exact) mass is 489 g/mol. The van der Waals surface area contributed by atoms with Crippen molar-refractivity contribution in [1.29, 1.82) is 0 Å². The molecule has 0 saturated carbocycles. The first-order chi connectivity index (χ1) is 16.7. The summed E-state index contributed by atoms with van der Waals surface area (Å²) in [6.45, 7) is 4.32. The molecule has 0 bridgehead atoms. The maximum Gasteiger partial charge on any atom is 0.303 e. The van der Waals surface area contributed by atoms with Gasteiger partial charge in [0.05, 0.1) is 52.9 Å². The third-order valence-electron chi connectivity index (χ3n) is 5.11. The van der Waals surface area contributed by atoms with Gasteiger partial charge in [-0.15, -0.1) is 0 Å². The molecule has 2 N–H and O–H groups in total. The Labute approximate surface area is 205 Å². The van der Waals surface area contributed by atoms with Gasteiger partial charge in [0.15, 0.2) is 0 Å². The van der Waals surface area contributed by atoms with Crippen molar-refractivity contribution in [2.45, 2.75) is 83.5 Å². The molecule has 0 aliphatic heterocycles. The van der Waals surface area contributed by atoms with Crippen LogP contribution in [-0.2, 0) is 33.3 Å². The van der Waals surface area contributed by atoms with Crippen LogP contribution in [0.5, 0.6) is 0 Å². The van der Waals surface area contributed by atoms with Crippen LogP contribution in [0.2, 0.25) is 0 Å². The van der Waals surface area contributed by atoms with Crippen LogP contribution in [0.15, 0.2) is 0 Å². The molecule has 0 fully saturated rings. The number of nitrogens with one attached hydrogen (secondary N) is 1. The van der Waals surface area contributed by atoms with Crippen LogP contribution in [0.3, 0.4) is 0 Å². The molecule has 0 radical (unpaired) electrons. The minimum Gasteiger partial charge on any atom is -0.481 e. The lowest BCUT2D eigenvalue weighted by atomic mass is 10.1. The van der Waals surface area contributed by atoms with Crippen molar-refractivity contribution in [3.63, 3.8) is 0 Å². The summed E-state index contributed by atoms with van der Waals surface area (Å²) < 4.78 is 21.3. The Bertz CT molecular complexity index is 476. The summed E-state index contributed by atoms with van der Waals surface area (Å²) >= 11 is 0. The van der Waals surface area contributed by atoms with Gasteiger partial charge in [-0.2, -0.15) is 0 Å². The van der Waals surface area contributed by atoms with E-state index < -0.39 is 5.97 Å². The molecular formula is C25H47NO8. The zero-order valence-electron chi connectivity index (χ0n) is 20.9. The molecule has 0 atom stereocenters. The fourth-order valence-corrected chi connectivity index (χ4v) is 3.22. The van der Waals surface area contributed by atoms with Gasteiger partial charge in [-0.05, 0) is 12.8 Å². The number of hydrogen-bond donors (Lipinski definition) is 2. The number of aliphatic carboxylic acids is 1. The smallest absolute Gasteiger partial charge is 0.303 e. The highest BCUT2D eigenvalue weighted by molar-refractivity contribution is 5.75. The Balaban J connectivity index is 3.16. The van der Waals surface area contributed by atoms with E-state index in [2.05, 4.69) is 5.32 Å². The van der Waals surface area contributed by atoms with Crippen molar-refractivity contribution in [1.82, 2.24) is 5.32 Å². The Kier molecular flexibility index (Phi) is 26.4. The molecule has 0 aromatic heterocycles. The van der Waals surface area contributed by atoms with Gasteiger partial charge in [0.25, 0.3) is 0 Å². The molecule has 0 aliphatic carbocycles. The minimum atomic E-state index is -0.700. The van der Waals surface area contributed by atoms with Crippen molar-refractivity contribution in [3.05, 3.63) is 0 Å². The molecular weight excluding hydrogens is 442 g/mol. The van der Waals surface area contributed by atoms with Crippen molar-refractivity contribution < 1.29 is 38.4 Å². The lowest BCUT2D eigenvalue weighted by molar-refractivity contribution is -0.137. The van der Waals surface area contributed by atoms with E-state index in [9.17, 15) is 14.4 Å². The van der Waals surface area contributed by atoms with Crippen molar-refractivity contribution in [2.24, 2.45) is 0 Å². The van der Waals surface area contributed by atoms with E-state index in [0.29, 0.717) is 72.2 Å². The summed E-state index contributed by atoms with van der Waals surface area (Å²) in [4.78, 5) is 32.3. The molecule has 1 amide bonds. The highest BCUT2D eigenvalue weighted by Gasteiger charge is 2.01. The fourth-order valence-electron chi connectivity index (χ4n) is 3.22. The van der Waals surface area contributed by atoms with Crippen LogP contribution in [0, 0.1) is 0 Å². The standard InChI is InChI=1S/C25H47NO8/c27-15-11-16-31-18-20-33-22-23-34-21-19-32-17-14-26-24(28)12-9-7-5-3-1-2-4-6-8-10-13-25(29)30/h15H,1-14,16-23H2,(H,26,28)(H,29,30). The quantitative estimate of drug-likeness (QED) is 0.126. The summed E-state index contributed by atoms with van der Waals surface area (Å²) in [6.07, 6.45) is 13.0. The van der Waals surface area contributed by atoms with Gasteiger partial charge in [0.2, 0.25) is 5.91 Å². The minimum absolute atomic E-state index is 0.0773. The summed E-state index contributed by atoms with van der Waals surface area (Å²) in [5.74, 6) is -0.623. The van der Waals surface area contributed by atoms with Gasteiger partial charge in [0, 0.05) is 25.8 Å². The number of ether oxygens (including phenoxy) is 4. The predicted octanol–water partition coefficient (Wildman–Crippen LogP) is 3.52. The van der Waals surface area contributed by atoms with Crippen LogP contribution in [0.1, 0.15) is 83.5 Å². The normalized spacial score (nSPS) is 10.9. The number of carboxylic acids is 1. The van der Waals surface area contributed by atoms with Crippen LogP contribution < -0.4 is 5.32 Å². The lowest BCUT2D eigenvalue weighted by Crippen LogP contribution is -2.27. The summed E-state index contributed by atoms with van der Waals surface area (Å²) in [7, 11) is 0. The number of carbonyl (C=O) groups is 3. The second-order valence-corrected chi connectivity index (χ2v) is 8.18. The maximum atomic E-state index is 11.8. The Hall–Kier alpha value is -1.55. The molecule has 0 aromatic carbocycles. The molecule has 0 unspecified atom stereocenters. The van der Waals surface area contributed by atoms with Crippen molar-refractivity contribution in [2.75, 3.05) is 59.4 Å². The first-order valence-corrected chi connectivity index (χ1v) is 12.9. The molecule has 34 heavy (non-hydrogen) atoms. The second-order valence-electron chi connectivity index (χ2n) is 8.18. The third kappa shape index (κ3) is 28.5. The van der Waals surface area contributed by atoms with E-state index in [1.165, 1.54) is 25.7 Å². The molecule has 9 nitrogen and oxygen atoms in total. The molecule has 0 heterocycles. The number of rotatable bonds is 28. The zero-order chi connectivity index (χ0) is 25.0. The lowest BCUT2D eigenvalue weighted by Gasteiger charge is -2.08. The predicted molar refractivity (Wildman–Crippen MR) is 130 cm³/mol. The Morgan fingerprint density at radius 2 is 1.00 bits per heavy atom. The van der Waals surface area contributed by atoms with E-state index in [1.54, 1.807) is 0 Å². The molecule has 0 aliphatic rings. The van der Waals surface area contributed by atoms with E-state index in [4.69, 9.17) is 24.1 Å². The molecule has 200 valence electrons. The van der Waals surface area contributed by atoms with Gasteiger partial charge >= 0.3 is 5.97 Å². The number of hydrogen-bond acceptors (Lipinski definition) is 7. The van der Waals surface area contributed by atoms with Crippen molar-refractivity contribution in [3.8, 4) is 0 Å². The molecule has 0 spiro atoms. The summed E-state index contributed by atoms with van der Waals surface area (Å²) in [5.41, 5.74) is 0. The number of unbranched alkanes of at least 4 members (excludes halogenated alkanes) is 9. The summed E-state index contributed by atoms with van der Waals surface area (Å²) in [5, 5.41) is 11.5. The highest BCUT2D eigenvalue weighted by atomic mass is 16.6. The number of amides is 1. The largest absolute Gasteiger partial charge is 0.481 e. The second kappa shape index (κ2) is 27.7.